The summed E-state index contributed by atoms with van der Waals surface area (Å²) >= 11 is 0. The van der Waals surface area contributed by atoms with Crippen molar-refractivity contribution >= 4 is 39.8 Å². The van der Waals surface area contributed by atoms with Crippen LogP contribution in [-0.2, 0) is 25.2 Å². The molecule has 6 atom stereocenters. The Hall–Kier alpha value is -2.52. The van der Waals surface area contributed by atoms with E-state index in [1.807, 2.05) is 6.26 Å². The number of rotatable bonds is 9. The first-order valence-corrected chi connectivity index (χ1v) is 11.4. The summed E-state index contributed by atoms with van der Waals surface area (Å²) in [4.78, 5) is 34.3. The molecule has 3 rings (SSSR count). The van der Waals surface area contributed by atoms with Gasteiger partial charge in [0.1, 0.15) is 41.7 Å². The number of hydrogen-bond donors (Lipinski definition) is 5. The highest BCUT2D eigenvalue weighted by Crippen LogP contribution is 2.32. The number of anilines is 1. The van der Waals surface area contributed by atoms with Gasteiger partial charge in [0.2, 0.25) is 5.91 Å². The van der Waals surface area contributed by atoms with Gasteiger partial charge in [-0.3, -0.25) is 9.36 Å². The molecule has 2 aromatic rings. The van der Waals surface area contributed by atoms with Gasteiger partial charge >= 0.3 is 0 Å². The van der Waals surface area contributed by atoms with Gasteiger partial charge in [0, 0.05) is 6.42 Å². The summed E-state index contributed by atoms with van der Waals surface area (Å²) in [5.74, 6) is -0.765. The summed E-state index contributed by atoms with van der Waals surface area (Å²) in [5, 5.41) is 33.6. The Labute approximate surface area is 180 Å². The number of aliphatic hydroxyl groups excluding tert-OH is 2. The number of carboxylic acids is 1. The van der Waals surface area contributed by atoms with Crippen LogP contribution in [0.3, 0.4) is 0 Å². The summed E-state index contributed by atoms with van der Waals surface area (Å²) in [7, 11) is -0.293. The standard InChI is InChI=1S/C17H25N7O6S/c1-31(3-2-8(18)16(29)20-4-10(25)26)5-9-12(27)13(28)17(30-9)24-7-23-11-14(19)21-6-22-15(11)24/h6-9,12-13,17,27-28H,2-5,18H2,1H3,(H3-,19,20,21,22,25,26,29)/t8-,9-,12-,13-,17-,31?/m0/s1. The van der Waals surface area contributed by atoms with Gasteiger partial charge in [-0.2, -0.15) is 0 Å². The van der Waals surface area contributed by atoms with Crippen LogP contribution >= 0.6 is 0 Å². The molecule has 2 aromatic heterocycles. The minimum absolute atomic E-state index is 0.198. The number of aliphatic hydroxyl groups is 2. The molecule has 3 heterocycles. The number of amides is 1. The normalized spacial score (nSPS) is 25.4. The number of nitrogen functional groups attached to an aromatic ring is 1. The summed E-state index contributed by atoms with van der Waals surface area (Å²) in [5.41, 5.74) is 12.3. The van der Waals surface area contributed by atoms with Crippen LogP contribution in [0.1, 0.15) is 12.6 Å². The fraction of sp³-hybridized carbons (Fsp3) is 0.588. The molecule has 0 aliphatic carbocycles. The van der Waals surface area contributed by atoms with Gasteiger partial charge in [-0.15, -0.1) is 0 Å². The Kier molecular flexibility index (Phi) is 7.27. The highest BCUT2D eigenvalue weighted by atomic mass is 32.2. The van der Waals surface area contributed by atoms with Gasteiger partial charge < -0.3 is 41.6 Å². The van der Waals surface area contributed by atoms with Crippen LogP contribution in [0.5, 0.6) is 0 Å². The first-order chi connectivity index (χ1) is 14.7. The molecular formula is C17H25N7O6S. The summed E-state index contributed by atoms with van der Waals surface area (Å²) in [6.07, 6.45) is 1.10. The quantitative estimate of drug-likeness (QED) is 0.229. The number of nitrogens with zero attached hydrogens (tertiary/aromatic N) is 4. The summed E-state index contributed by atoms with van der Waals surface area (Å²) in [6.45, 7) is -0.592. The maximum atomic E-state index is 11.8. The number of aromatic nitrogens is 4. The second kappa shape index (κ2) is 9.74. The molecule has 0 spiro atoms. The first kappa shape index (κ1) is 23.1. The lowest BCUT2D eigenvalue weighted by Gasteiger charge is -2.16. The van der Waals surface area contributed by atoms with Crippen LogP contribution in [0.25, 0.3) is 11.2 Å². The van der Waals surface area contributed by atoms with E-state index in [1.165, 1.54) is 17.2 Å². The van der Waals surface area contributed by atoms with E-state index >= 15 is 0 Å². The van der Waals surface area contributed by atoms with E-state index < -0.39 is 49.0 Å². The molecule has 170 valence electrons. The average molecular weight is 455 g/mol. The zero-order chi connectivity index (χ0) is 22.7. The Balaban J connectivity index is 1.57. The Morgan fingerprint density at radius 2 is 2.10 bits per heavy atom. The molecular weight excluding hydrogens is 430 g/mol. The number of nitrogens with one attached hydrogen (secondary N) is 1. The molecule has 14 heteroatoms. The number of carbonyl (C=O) groups is 2. The van der Waals surface area contributed by atoms with Crippen LogP contribution in [0.15, 0.2) is 12.7 Å². The van der Waals surface area contributed by atoms with Crippen LogP contribution in [0.2, 0.25) is 0 Å². The molecule has 0 saturated carbocycles. The lowest BCUT2D eigenvalue weighted by Crippen LogP contribution is -2.46. The van der Waals surface area contributed by atoms with Crippen molar-refractivity contribution in [2.45, 2.75) is 37.0 Å². The third-order valence-corrected chi connectivity index (χ3v) is 6.80. The molecule has 1 aliphatic rings. The SMILES string of the molecule is C[S+](CC[C@H](N)C(=O)NCC(=O)[O-])C[C@@H]1O[C@H](n2cnc3c(N)ncnc32)[C@@H](O)[C@H]1O. The zero-order valence-corrected chi connectivity index (χ0v) is 17.6. The smallest absolute Gasteiger partial charge is 0.237 e. The van der Waals surface area contributed by atoms with Crippen LogP contribution in [0.4, 0.5) is 5.82 Å². The monoisotopic (exact) mass is 455 g/mol. The van der Waals surface area contributed by atoms with E-state index in [0.29, 0.717) is 29.1 Å². The van der Waals surface area contributed by atoms with Crippen LogP contribution in [0, 0.1) is 0 Å². The fourth-order valence-corrected chi connectivity index (χ4v) is 4.93. The molecule has 1 amide bonds. The molecule has 0 aromatic carbocycles. The van der Waals surface area contributed by atoms with Gasteiger partial charge in [0.15, 0.2) is 17.7 Å². The number of ether oxygens (including phenoxy) is 1. The van der Waals surface area contributed by atoms with Crippen molar-refractivity contribution in [2.75, 3.05) is 30.0 Å². The van der Waals surface area contributed by atoms with Crippen molar-refractivity contribution in [3.63, 3.8) is 0 Å². The molecule has 1 saturated heterocycles. The van der Waals surface area contributed by atoms with E-state index in [2.05, 4.69) is 20.3 Å². The van der Waals surface area contributed by atoms with Gasteiger partial charge in [-0.05, 0) is 10.9 Å². The average Bonchev–Trinajstić information content (AvgIpc) is 3.27. The van der Waals surface area contributed by atoms with Crippen molar-refractivity contribution in [1.29, 1.82) is 0 Å². The largest absolute Gasteiger partial charge is 0.548 e. The predicted molar refractivity (Wildman–Crippen MR) is 109 cm³/mol. The van der Waals surface area contributed by atoms with Crippen LogP contribution in [-0.4, -0.2) is 90.3 Å². The van der Waals surface area contributed by atoms with Crippen molar-refractivity contribution in [3.8, 4) is 0 Å². The molecule has 7 N–H and O–H groups in total. The summed E-state index contributed by atoms with van der Waals surface area (Å²) in [6, 6.07) is -0.857. The number of nitrogens with two attached hydrogens (primary N) is 2. The Morgan fingerprint density at radius 1 is 1.35 bits per heavy atom. The number of fused-ring (bicyclic) bond motifs is 1. The van der Waals surface area contributed by atoms with Gasteiger partial charge in [0.05, 0.1) is 31.1 Å². The van der Waals surface area contributed by atoms with Gasteiger partial charge in [-0.1, -0.05) is 0 Å². The van der Waals surface area contributed by atoms with Gasteiger partial charge in [-0.25, -0.2) is 15.0 Å². The van der Waals surface area contributed by atoms with Gasteiger partial charge in [0.25, 0.3) is 0 Å². The fourth-order valence-electron chi connectivity index (χ4n) is 3.27. The molecule has 1 fully saturated rings. The Bertz CT molecular complexity index is 943. The zero-order valence-electron chi connectivity index (χ0n) is 16.7. The number of hydrogen-bond acceptors (Lipinski definition) is 11. The maximum Gasteiger partial charge on any atom is 0.237 e. The third-order valence-electron chi connectivity index (χ3n) is 4.97. The molecule has 0 radical (unpaired) electrons. The third kappa shape index (κ3) is 5.22. The molecule has 0 bridgehead atoms. The molecule has 13 nitrogen and oxygen atoms in total. The lowest BCUT2D eigenvalue weighted by atomic mass is 10.1. The van der Waals surface area contributed by atoms with Crippen LogP contribution < -0.4 is 21.9 Å². The second-order valence-electron chi connectivity index (χ2n) is 7.27. The number of carbonyl (C=O) groups excluding carboxylic acids is 2. The van der Waals surface area contributed by atoms with E-state index in [0.717, 1.165) is 0 Å². The summed E-state index contributed by atoms with van der Waals surface area (Å²) < 4.78 is 7.42. The number of carboxylic acid groups (broad SMARTS) is 1. The Morgan fingerprint density at radius 3 is 2.81 bits per heavy atom. The van der Waals surface area contributed by atoms with E-state index in [-0.39, 0.29) is 16.7 Å². The van der Waals surface area contributed by atoms with E-state index in [4.69, 9.17) is 16.2 Å². The minimum atomic E-state index is -1.39. The van der Waals surface area contributed by atoms with E-state index in [1.54, 1.807) is 0 Å². The van der Waals surface area contributed by atoms with Crippen molar-refractivity contribution in [2.24, 2.45) is 5.73 Å². The number of imidazole rings is 1. The molecule has 31 heavy (non-hydrogen) atoms. The molecule has 1 unspecified atom stereocenters. The predicted octanol–water partition coefficient (Wildman–Crippen LogP) is -4.14. The highest BCUT2D eigenvalue weighted by molar-refractivity contribution is 7.96. The highest BCUT2D eigenvalue weighted by Gasteiger charge is 2.46. The first-order valence-electron chi connectivity index (χ1n) is 9.46. The second-order valence-corrected chi connectivity index (χ2v) is 9.57. The molecule has 1 aliphatic heterocycles. The van der Waals surface area contributed by atoms with Crippen molar-refractivity contribution < 1.29 is 29.6 Å². The topological polar surface area (TPSA) is 215 Å². The minimum Gasteiger partial charge on any atom is -0.548 e. The van der Waals surface area contributed by atoms with Crippen molar-refractivity contribution in [3.05, 3.63) is 12.7 Å². The maximum absolute atomic E-state index is 11.8. The lowest BCUT2D eigenvalue weighted by molar-refractivity contribution is -0.304. The van der Waals surface area contributed by atoms with E-state index in [9.17, 15) is 24.9 Å². The van der Waals surface area contributed by atoms with Crippen molar-refractivity contribution in [1.82, 2.24) is 24.8 Å². The number of aliphatic carboxylic acids is 1.